The molecule has 0 atom stereocenters. The fourth-order valence-corrected chi connectivity index (χ4v) is 2.84. The van der Waals surface area contributed by atoms with E-state index in [4.69, 9.17) is 4.74 Å². The lowest BCUT2D eigenvalue weighted by Gasteiger charge is -2.11. The topological polar surface area (TPSA) is 82.0 Å². The third kappa shape index (κ3) is 5.32. The van der Waals surface area contributed by atoms with Crippen LogP contribution in [0.4, 0.5) is 13.2 Å². The summed E-state index contributed by atoms with van der Waals surface area (Å²) in [6.07, 6.45) is -5.03. The molecule has 0 saturated heterocycles. The molecule has 0 unspecified atom stereocenters. The Balaban J connectivity index is 2.41. The Hall–Kier alpha value is -2.88. The molecule has 0 heterocycles. The minimum Gasteiger partial charge on any atom is -0.462 e. The number of oxime groups is 1. The van der Waals surface area contributed by atoms with E-state index >= 15 is 0 Å². The molecule has 150 valence electrons. The predicted octanol–water partition coefficient (Wildman–Crippen LogP) is 3.84. The molecule has 2 aromatic rings. The number of hydrogen-bond acceptors (Lipinski definition) is 6. The molecular formula is C18H16F3NO5S. The van der Waals surface area contributed by atoms with E-state index in [9.17, 15) is 26.4 Å². The van der Waals surface area contributed by atoms with Crippen molar-refractivity contribution in [2.24, 2.45) is 5.16 Å². The highest BCUT2D eigenvalue weighted by atomic mass is 32.2. The zero-order valence-electron chi connectivity index (χ0n) is 14.9. The van der Waals surface area contributed by atoms with Gasteiger partial charge >= 0.3 is 22.3 Å². The first-order valence-corrected chi connectivity index (χ1v) is 9.38. The number of hydrogen-bond donors (Lipinski definition) is 0. The summed E-state index contributed by atoms with van der Waals surface area (Å²) in [6.45, 7) is 3.31. The zero-order chi connectivity index (χ0) is 20.9. The number of nitrogens with zero attached hydrogens (tertiary/aromatic N) is 1. The number of esters is 1. The van der Waals surface area contributed by atoms with E-state index in [2.05, 4.69) is 9.44 Å². The van der Waals surface area contributed by atoms with Crippen LogP contribution >= 0.6 is 0 Å². The van der Waals surface area contributed by atoms with Gasteiger partial charge in [-0.05, 0) is 38.1 Å². The fraction of sp³-hybridized carbons (Fsp3) is 0.222. The van der Waals surface area contributed by atoms with Crippen molar-refractivity contribution in [3.05, 3.63) is 65.2 Å². The van der Waals surface area contributed by atoms with Crippen LogP contribution in [0.5, 0.6) is 0 Å². The molecule has 0 aliphatic carbocycles. The third-order valence-corrected chi connectivity index (χ3v) is 4.57. The van der Waals surface area contributed by atoms with E-state index in [1.54, 1.807) is 13.8 Å². The minimum absolute atomic E-state index is 0.0428. The van der Waals surface area contributed by atoms with Crippen molar-refractivity contribution in [2.45, 2.75) is 24.9 Å². The van der Waals surface area contributed by atoms with Crippen molar-refractivity contribution in [1.82, 2.24) is 0 Å². The van der Waals surface area contributed by atoms with Crippen LogP contribution in [-0.4, -0.2) is 32.9 Å². The molecule has 0 fully saturated rings. The second-order valence-electron chi connectivity index (χ2n) is 5.58. The molecular weight excluding hydrogens is 399 g/mol. The minimum atomic E-state index is -5.03. The Morgan fingerprint density at radius 1 is 1.07 bits per heavy atom. The third-order valence-electron chi connectivity index (χ3n) is 3.45. The van der Waals surface area contributed by atoms with E-state index in [0.29, 0.717) is 0 Å². The predicted molar refractivity (Wildman–Crippen MR) is 94.4 cm³/mol. The highest BCUT2D eigenvalue weighted by Gasteiger charge is 2.39. The molecule has 0 N–H and O–H groups in total. The van der Waals surface area contributed by atoms with Crippen molar-refractivity contribution in [3.63, 3.8) is 0 Å². The van der Waals surface area contributed by atoms with Gasteiger partial charge in [0.2, 0.25) is 0 Å². The van der Waals surface area contributed by atoms with Gasteiger partial charge in [0.05, 0.1) is 12.2 Å². The van der Waals surface area contributed by atoms with Crippen LogP contribution in [0.1, 0.15) is 28.4 Å². The molecule has 10 heteroatoms. The molecule has 2 rings (SSSR count). The van der Waals surface area contributed by atoms with Crippen molar-refractivity contribution >= 4 is 21.8 Å². The second kappa shape index (κ2) is 8.42. The molecule has 0 aliphatic rings. The molecule has 0 radical (unpaired) electrons. The first-order valence-electron chi connectivity index (χ1n) is 7.97. The van der Waals surface area contributed by atoms with Gasteiger partial charge in [-0.25, -0.2) is 4.79 Å². The van der Waals surface area contributed by atoms with Crippen molar-refractivity contribution in [1.29, 1.82) is 0 Å². The van der Waals surface area contributed by atoms with Crippen molar-refractivity contribution in [2.75, 3.05) is 6.61 Å². The molecule has 0 amide bonds. The Labute approximate surface area is 159 Å². The summed E-state index contributed by atoms with van der Waals surface area (Å²) < 4.78 is 73.4. The summed E-state index contributed by atoms with van der Waals surface area (Å²) >= 11 is 0. The van der Waals surface area contributed by atoms with Crippen LogP contribution in [0.2, 0.25) is 0 Å². The van der Waals surface area contributed by atoms with E-state index in [0.717, 1.165) is 17.7 Å². The molecule has 0 saturated carbocycles. The number of halogens is 3. The standard InChI is InChI=1S/C18H16F3NO5S/c1-3-26-17(23)14-6-4-5-13(11-14)16(18(19,20)21)22-27-28(24,25)15-9-7-12(2)8-10-15/h4-11H,3H2,1-2H3/b22-16-. The first-order chi connectivity index (χ1) is 13.0. The van der Waals surface area contributed by atoms with E-state index in [-0.39, 0.29) is 17.1 Å². The van der Waals surface area contributed by atoms with Gasteiger partial charge in [0.25, 0.3) is 0 Å². The maximum absolute atomic E-state index is 13.4. The molecule has 0 aromatic heterocycles. The van der Waals surface area contributed by atoms with Gasteiger partial charge < -0.3 is 4.74 Å². The number of carbonyl (C=O) groups is 1. The number of rotatable bonds is 6. The van der Waals surface area contributed by atoms with Gasteiger partial charge in [0.15, 0.2) is 5.71 Å². The fourth-order valence-electron chi connectivity index (χ4n) is 2.11. The van der Waals surface area contributed by atoms with Gasteiger partial charge in [-0.2, -0.15) is 21.6 Å². The average molecular weight is 415 g/mol. The summed E-state index contributed by atoms with van der Waals surface area (Å²) in [6, 6.07) is 9.68. The first kappa shape index (κ1) is 21.4. The van der Waals surface area contributed by atoms with Crippen molar-refractivity contribution < 1.29 is 35.4 Å². The Morgan fingerprint density at radius 3 is 2.25 bits per heavy atom. The summed E-state index contributed by atoms with van der Waals surface area (Å²) in [5, 5.41) is 2.83. The number of aryl methyl sites for hydroxylation is 1. The molecule has 0 spiro atoms. The molecule has 0 bridgehead atoms. The number of ether oxygens (including phenoxy) is 1. The summed E-state index contributed by atoms with van der Waals surface area (Å²) in [4.78, 5) is 11.4. The van der Waals surface area contributed by atoms with Gasteiger partial charge in [-0.15, -0.1) is 0 Å². The van der Waals surface area contributed by atoms with Crippen LogP contribution in [0.15, 0.2) is 58.6 Å². The normalized spacial score (nSPS) is 12.5. The van der Waals surface area contributed by atoms with Crippen LogP contribution in [0, 0.1) is 6.92 Å². The maximum atomic E-state index is 13.4. The highest BCUT2D eigenvalue weighted by Crippen LogP contribution is 2.25. The van der Waals surface area contributed by atoms with Gasteiger partial charge in [-0.3, -0.25) is 4.28 Å². The Morgan fingerprint density at radius 2 is 1.68 bits per heavy atom. The molecule has 28 heavy (non-hydrogen) atoms. The number of benzene rings is 2. The van der Waals surface area contributed by atoms with Gasteiger partial charge in [-0.1, -0.05) is 35.0 Å². The Bertz CT molecular complexity index is 983. The van der Waals surface area contributed by atoms with Gasteiger partial charge in [0.1, 0.15) is 4.90 Å². The van der Waals surface area contributed by atoms with Crippen LogP contribution < -0.4 is 0 Å². The summed E-state index contributed by atoms with van der Waals surface area (Å²) in [5.74, 6) is -0.820. The second-order valence-corrected chi connectivity index (χ2v) is 7.11. The van der Waals surface area contributed by atoms with Gasteiger partial charge in [0, 0.05) is 5.56 Å². The lowest BCUT2D eigenvalue weighted by molar-refractivity contribution is -0.0597. The van der Waals surface area contributed by atoms with E-state index < -0.39 is 33.5 Å². The summed E-state index contributed by atoms with van der Waals surface area (Å²) in [7, 11) is -4.55. The van der Waals surface area contributed by atoms with E-state index in [1.165, 1.54) is 36.4 Å². The smallest absolute Gasteiger partial charge is 0.437 e. The highest BCUT2D eigenvalue weighted by molar-refractivity contribution is 7.86. The lowest BCUT2D eigenvalue weighted by atomic mass is 10.1. The number of alkyl halides is 3. The molecule has 2 aromatic carbocycles. The SMILES string of the molecule is CCOC(=O)c1cccc(/C(=N/OS(=O)(=O)c2ccc(C)cc2)C(F)(F)F)c1. The monoisotopic (exact) mass is 415 g/mol. The summed E-state index contributed by atoms with van der Waals surface area (Å²) in [5.41, 5.74) is -1.53. The lowest BCUT2D eigenvalue weighted by Crippen LogP contribution is -2.25. The quantitative estimate of drug-likeness (QED) is 0.407. The van der Waals surface area contributed by atoms with Crippen molar-refractivity contribution in [3.8, 4) is 0 Å². The average Bonchev–Trinajstić information content (AvgIpc) is 2.61. The van der Waals surface area contributed by atoms with Crippen LogP contribution in [0.3, 0.4) is 0 Å². The van der Waals surface area contributed by atoms with Crippen LogP contribution in [-0.2, 0) is 19.1 Å². The maximum Gasteiger partial charge on any atom is 0.437 e. The number of carbonyl (C=O) groups excluding carboxylic acids is 1. The molecule has 6 nitrogen and oxygen atoms in total. The molecule has 0 aliphatic heterocycles. The van der Waals surface area contributed by atoms with E-state index in [1.807, 2.05) is 0 Å². The van der Waals surface area contributed by atoms with Crippen LogP contribution in [0.25, 0.3) is 0 Å². The Kier molecular flexibility index (Phi) is 6.45. The zero-order valence-corrected chi connectivity index (χ0v) is 15.7. The largest absolute Gasteiger partial charge is 0.462 e.